The van der Waals surface area contributed by atoms with Crippen LogP contribution in [0.5, 0.6) is 11.5 Å². The molecule has 1 N–H and O–H groups in total. The van der Waals surface area contributed by atoms with E-state index in [0.29, 0.717) is 22.4 Å². The van der Waals surface area contributed by atoms with Crippen LogP contribution >= 0.6 is 11.3 Å². The Kier molecular flexibility index (Phi) is 6.10. The van der Waals surface area contributed by atoms with Crippen LogP contribution in [0.15, 0.2) is 60.0 Å². The van der Waals surface area contributed by atoms with Crippen molar-refractivity contribution < 1.29 is 24.2 Å². The molecule has 0 aliphatic carbocycles. The Balaban J connectivity index is 1.77. The van der Waals surface area contributed by atoms with Crippen molar-refractivity contribution in [2.45, 2.75) is 19.4 Å². The number of methoxy groups -OCH3 is 1. The zero-order chi connectivity index (χ0) is 22.8. The van der Waals surface area contributed by atoms with Crippen LogP contribution in [0.4, 0.5) is 0 Å². The Morgan fingerprint density at radius 1 is 1.12 bits per heavy atom. The first-order valence-corrected chi connectivity index (χ1v) is 11.1. The highest BCUT2D eigenvalue weighted by Gasteiger charge is 2.51. The molecule has 4 rings (SSSR count). The number of hydrogen-bond donors (Lipinski definition) is 1. The summed E-state index contributed by atoms with van der Waals surface area (Å²) >= 11 is 1.25. The van der Waals surface area contributed by atoms with Crippen molar-refractivity contribution in [3.63, 3.8) is 0 Å². The zero-order valence-electron chi connectivity index (χ0n) is 17.8. The summed E-state index contributed by atoms with van der Waals surface area (Å²) in [5, 5.41) is 12.0. The molecular weight excluding hydrogens is 426 g/mol. The van der Waals surface area contributed by atoms with E-state index in [-0.39, 0.29) is 23.8 Å². The SMILES string of the molecule is COc1cc(C2C(C(=O)c3cccs3)C(=O)C(=O)N2CCc2ccccc2)cc(C)c1O. The van der Waals surface area contributed by atoms with Gasteiger partial charge in [-0.2, -0.15) is 0 Å². The minimum Gasteiger partial charge on any atom is -0.504 e. The molecule has 0 bridgehead atoms. The van der Waals surface area contributed by atoms with Gasteiger partial charge in [-0.05, 0) is 47.5 Å². The number of Topliss-reactive ketones (excluding diaryl/α,β-unsaturated/α-hetero) is 2. The number of ether oxygens (including phenoxy) is 1. The van der Waals surface area contributed by atoms with Gasteiger partial charge in [-0.3, -0.25) is 14.4 Å². The lowest BCUT2D eigenvalue weighted by atomic mass is 9.87. The summed E-state index contributed by atoms with van der Waals surface area (Å²) in [5.74, 6) is -2.65. The van der Waals surface area contributed by atoms with E-state index < -0.39 is 23.7 Å². The van der Waals surface area contributed by atoms with Crippen molar-refractivity contribution in [2.75, 3.05) is 13.7 Å². The molecule has 32 heavy (non-hydrogen) atoms. The van der Waals surface area contributed by atoms with Gasteiger partial charge in [-0.25, -0.2) is 0 Å². The quantitative estimate of drug-likeness (QED) is 0.335. The number of rotatable bonds is 7. The first-order valence-electron chi connectivity index (χ1n) is 10.3. The summed E-state index contributed by atoms with van der Waals surface area (Å²) in [6, 6.07) is 15.6. The number of ketones is 2. The molecule has 1 amide bonds. The molecule has 1 saturated heterocycles. The second-order valence-corrected chi connectivity index (χ2v) is 8.70. The van der Waals surface area contributed by atoms with E-state index in [1.807, 2.05) is 30.3 Å². The third-order valence-corrected chi connectivity index (χ3v) is 6.67. The van der Waals surface area contributed by atoms with Crippen molar-refractivity contribution >= 4 is 28.8 Å². The number of carbonyl (C=O) groups is 3. The summed E-state index contributed by atoms with van der Waals surface area (Å²) in [5.41, 5.74) is 2.15. The van der Waals surface area contributed by atoms with Crippen molar-refractivity contribution in [1.29, 1.82) is 0 Å². The molecule has 2 atom stereocenters. The van der Waals surface area contributed by atoms with Crippen LogP contribution in [0.25, 0.3) is 0 Å². The van der Waals surface area contributed by atoms with Gasteiger partial charge in [0.2, 0.25) is 5.78 Å². The lowest BCUT2D eigenvalue weighted by Crippen LogP contribution is -2.32. The molecule has 0 radical (unpaired) electrons. The largest absolute Gasteiger partial charge is 0.504 e. The smallest absolute Gasteiger partial charge is 0.291 e. The van der Waals surface area contributed by atoms with E-state index in [2.05, 4.69) is 0 Å². The Hall–Kier alpha value is -3.45. The van der Waals surface area contributed by atoms with E-state index in [1.54, 1.807) is 36.6 Å². The summed E-state index contributed by atoms with van der Waals surface area (Å²) in [4.78, 5) is 41.3. The van der Waals surface area contributed by atoms with Crippen LogP contribution in [-0.2, 0) is 16.0 Å². The van der Waals surface area contributed by atoms with E-state index in [9.17, 15) is 19.5 Å². The number of amides is 1. The second kappa shape index (κ2) is 8.96. The van der Waals surface area contributed by atoms with Crippen LogP contribution in [0.2, 0.25) is 0 Å². The van der Waals surface area contributed by atoms with Gasteiger partial charge < -0.3 is 14.7 Å². The minimum absolute atomic E-state index is 0.0103. The fraction of sp³-hybridized carbons (Fsp3) is 0.240. The van der Waals surface area contributed by atoms with Crippen molar-refractivity contribution in [3.8, 4) is 11.5 Å². The number of likely N-dealkylation sites (tertiary alicyclic amines) is 1. The number of thiophene rings is 1. The number of aromatic hydroxyl groups is 1. The van der Waals surface area contributed by atoms with E-state index in [4.69, 9.17) is 4.74 Å². The van der Waals surface area contributed by atoms with Crippen molar-refractivity contribution in [2.24, 2.45) is 5.92 Å². The van der Waals surface area contributed by atoms with Crippen LogP contribution < -0.4 is 4.74 Å². The van der Waals surface area contributed by atoms with Crippen LogP contribution in [0.3, 0.4) is 0 Å². The third kappa shape index (κ3) is 3.91. The van der Waals surface area contributed by atoms with E-state index >= 15 is 0 Å². The predicted molar refractivity (Wildman–Crippen MR) is 121 cm³/mol. The third-order valence-electron chi connectivity index (χ3n) is 5.79. The van der Waals surface area contributed by atoms with Gasteiger partial charge in [-0.1, -0.05) is 42.5 Å². The number of aryl methyl sites for hydroxylation is 1. The van der Waals surface area contributed by atoms with Crippen LogP contribution in [-0.4, -0.2) is 41.1 Å². The van der Waals surface area contributed by atoms with Gasteiger partial charge in [-0.15, -0.1) is 11.3 Å². The molecule has 7 heteroatoms. The topological polar surface area (TPSA) is 83.9 Å². The van der Waals surface area contributed by atoms with Gasteiger partial charge in [0, 0.05) is 6.54 Å². The molecule has 2 unspecified atom stereocenters. The highest BCUT2D eigenvalue weighted by Crippen LogP contribution is 2.42. The number of hydrogen-bond acceptors (Lipinski definition) is 6. The maximum absolute atomic E-state index is 13.3. The lowest BCUT2D eigenvalue weighted by Gasteiger charge is -2.28. The number of phenolic OH excluding ortho intramolecular Hbond substituents is 1. The summed E-state index contributed by atoms with van der Waals surface area (Å²) in [6.07, 6.45) is 0.546. The molecule has 1 aromatic heterocycles. The highest BCUT2D eigenvalue weighted by molar-refractivity contribution is 7.12. The summed E-state index contributed by atoms with van der Waals surface area (Å²) < 4.78 is 5.29. The molecule has 1 aliphatic rings. The normalized spacial score (nSPS) is 18.2. The predicted octanol–water partition coefficient (Wildman–Crippen LogP) is 3.96. The fourth-order valence-electron chi connectivity index (χ4n) is 4.17. The van der Waals surface area contributed by atoms with Crippen molar-refractivity contribution in [3.05, 3.63) is 81.5 Å². The highest BCUT2D eigenvalue weighted by atomic mass is 32.1. The van der Waals surface area contributed by atoms with Crippen LogP contribution in [0, 0.1) is 12.8 Å². The number of benzene rings is 2. The molecular formula is C25H23NO5S. The van der Waals surface area contributed by atoms with Gasteiger partial charge in [0.1, 0.15) is 5.92 Å². The maximum atomic E-state index is 13.3. The zero-order valence-corrected chi connectivity index (χ0v) is 18.6. The molecule has 164 valence electrons. The fourth-order valence-corrected chi connectivity index (χ4v) is 4.87. The van der Waals surface area contributed by atoms with E-state index in [0.717, 1.165) is 5.56 Å². The molecule has 3 aromatic rings. The standard InChI is InChI=1S/C25H23NO5S/c1-15-13-17(14-18(31-2)22(15)27)21-20(23(28)19-9-6-12-32-19)24(29)25(30)26(21)11-10-16-7-4-3-5-8-16/h3-9,12-14,20-21,27H,10-11H2,1-2H3. The summed E-state index contributed by atoms with van der Waals surface area (Å²) in [7, 11) is 1.44. The van der Waals surface area contributed by atoms with Crippen molar-refractivity contribution in [1.82, 2.24) is 4.90 Å². The number of carbonyl (C=O) groups excluding carboxylic acids is 3. The number of phenols is 1. The first kappa shape index (κ1) is 21.8. The van der Waals surface area contributed by atoms with E-state index in [1.165, 1.54) is 23.3 Å². The van der Waals surface area contributed by atoms with Gasteiger partial charge in [0.25, 0.3) is 5.91 Å². The van der Waals surface area contributed by atoms with Gasteiger partial charge in [0.15, 0.2) is 17.3 Å². The maximum Gasteiger partial charge on any atom is 0.291 e. The molecule has 1 fully saturated rings. The lowest BCUT2D eigenvalue weighted by molar-refractivity contribution is -0.140. The van der Waals surface area contributed by atoms with Gasteiger partial charge >= 0.3 is 0 Å². The first-order chi connectivity index (χ1) is 15.4. The average molecular weight is 450 g/mol. The molecule has 0 saturated carbocycles. The molecule has 0 spiro atoms. The monoisotopic (exact) mass is 449 g/mol. The summed E-state index contributed by atoms with van der Waals surface area (Å²) in [6.45, 7) is 2.00. The molecule has 6 nitrogen and oxygen atoms in total. The molecule has 2 aromatic carbocycles. The second-order valence-electron chi connectivity index (χ2n) is 7.75. The molecule has 1 aliphatic heterocycles. The Bertz CT molecular complexity index is 1160. The molecule has 2 heterocycles. The number of nitrogens with zero attached hydrogens (tertiary/aromatic N) is 1. The van der Waals surface area contributed by atoms with Crippen LogP contribution in [0.1, 0.15) is 32.4 Å². The minimum atomic E-state index is -1.15. The Morgan fingerprint density at radius 2 is 1.88 bits per heavy atom. The van der Waals surface area contributed by atoms with Gasteiger partial charge in [0.05, 0.1) is 18.0 Å². The Labute approximate surface area is 190 Å². The average Bonchev–Trinajstić information content (AvgIpc) is 3.42. The Morgan fingerprint density at radius 3 is 2.53 bits per heavy atom.